The van der Waals surface area contributed by atoms with Crippen molar-refractivity contribution in [3.8, 4) is 11.1 Å². The smallest absolute Gasteiger partial charge is 0.244 e. The molecule has 0 aliphatic carbocycles. The lowest BCUT2D eigenvalue weighted by Crippen LogP contribution is -2.47. The third kappa shape index (κ3) is 4.63. The molecule has 0 radical (unpaired) electrons. The highest BCUT2D eigenvalue weighted by atomic mass is 35.5. The summed E-state index contributed by atoms with van der Waals surface area (Å²) in [5.74, 6) is 1.54. The third-order valence-electron chi connectivity index (χ3n) is 7.83. The van der Waals surface area contributed by atoms with Crippen molar-refractivity contribution >= 4 is 39.9 Å². The number of amides is 1. The Bertz CT molecular complexity index is 1540. The third-order valence-corrected chi connectivity index (χ3v) is 8.31. The number of aryl methyl sites for hydroxylation is 3. The summed E-state index contributed by atoms with van der Waals surface area (Å²) in [6.45, 7) is 9.05. The van der Waals surface area contributed by atoms with Crippen molar-refractivity contribution < 1.29 is 4.79 Å². The number of anilines is 2. The van der Waals surface area contributed by atoms with Gasteiger partial charge in [-0.2, -0.15) is 5.10 Å². The maximum atomic E-state index is 13.0. The van der Waals surface area contributed by atoms with Crippen LogP contribution in [0.1, 0.15) is 35.4 Å². The first-order valence-electron chi connectivity index (χ1n) is 13.2. The van der Waals surface area contributed by atoms with Gasteiger partial charge in [0, 0.05) is 65.4 Å². The van der Waals surface area contributed by atoms with Gasteiger partial charge < -0.3 is 15.5 Å². The van der Waals surface area contributed by atoms with Gasteiger partial charge in [0.15, 0.2) is 5.82 Å². The van der Waals surface area contributed by atoms with Gasteiger partial charge >= 0.3 is 0 Å². The van der Waals surface area contributed by atoms with E-state index in [9.17, 15) is 4.79 Å². The van der Waals surface area contributed by atoms with Crippen LogP contribution in [0.4, 0.5) is 11.6 Å². The van der Waals surface area contributed by atoms with Gasteiger partial charge in [0.05, 0.1) is 5.02 Å². The second kappa shape index (κ2) is 10.0. The van der Waals surface area contributed by atoms with Crippen LogP contribution in [0.5, 0.6) is 0 Å². The minimum Gasteiger partial charge on any atom is -0.338 e. The number of hydrogen-bond donors (Lipinski definition) is 2. The number of hydrogen-bond acceptors (Lipinski definition) is 6. The van der Waals surface area contributed by atoms with Crippen molar-refractivity contribution in [3.63, 3.8) is 0 Å². The Morgan fingerprint density at radius 3 is 2.61 bits per heavy atom. The fourth-order valence-electron chi connectivity index (χ4n) is 5.75. The number of aromatic nitrogens is 4. The topological polar surface area (TPSA) is 88.0 Å². The van der Waals surface area contributed by atoms with E-state index < -0.39 is 0 Å². The largest absolute Gasteiger partial charge is 0.338 e. The number of nitrogens with one attached hydrogen (secondary N) is 2. The van der Waals surface area contributed by atoms with Crippen LogP contribution in [-0.2, 0) is 17.8 Å². The monoisotopic (exact) mass is 529 g/mol. The van der Waals surface area contributed by atoms with E-state index in [1.807, 2.05) is 43.1 Å². The Labute approximate surface area is 227 Å². The zero-order valence-corrected chi connectivity index (χ0v) is 22.8. The molecule has 8 nitrogen and oxygen atoms in total. The van der Waals surface area contributed by atoms with E-state index in [4.69, 9.17) is 16.7 Å². The fourth-order valence-corrected chi connectivity index (χ4v) is 6.01. The van der Waals surface area contributed by atoms with E-state index in [1.54, 1.807) is 0 Å². The molecule has 4 aromatic rings. The predicted octanol–water partition coefficient (Wildman–Crippen LogP) is 4.95. The predicted molar refractivity (Wildman–Crippen MR) is 151 cm³/mol. The summed E-state index contributed by atoms with van der Waals surface area (Å²) >= 11 is 6.81. The molecule has 1 fully saturated rings. The van der Waals surface area contributed by atoms with Gasteiger partial charge in [-0.25, -0.2) is 4.98 Å². The number of fused-ring (bicyclic) bond motifs is 2. The summed E-state index contributed by atoms with van der Waals surface area (Å²) in [6, 6.07) is 8.56. The molecule has 1 aromatic carbocycles. The number of rotatable bonds is 4. The normalized spacial score (nSPS) is 16.5. The van der Waals surface area contributed by atoms with Crippen molar-refractivity contribution in [2.45, 2.75) is 52.6 Å². The number of piperidine rings is 1. The van der Waals surface area contributed by atoms with Gasteiger partial charge in [-0.15, -0.1) is 0 Å². The highest BCUT2D eigenvalue weighted by Crippen LogP contribution is 2.37. The molecule has 9 heteroatoms. The Morgan fingerprint density at radius 2 is 1.82 bits per heavy atom. The summed E-state index contributed by atoms with van der Waals surface area (Å²) in [6.07, 6.45) is 6.57. The van der Waals surface area contributed by atoms with Crippen LogP contribution >= 0.6 is 11.6 Å². The quantitative estimate of drug-likeness (QED) is 0.389. The van der Waals surface area contributed by atoms with Crippen molar-refractivity contribution in [1.29, 1.82) is 0 Å². The summed E-state index contributed by atoms with van der Waals surface area (Å²) in [4.78, 5) is 24.2. The molecule has 2 aliphatic rings. The van der Waals surface area contributed by atoms with Gasteiger partial charge in [-0.1, -0.05) is 11.6 Å². The number of halogens is 1. The average molecular weight is 530 g/mol. The van der Waals surface area contributed by atoms with Crippen molar-refractivity contribution in [2.24, 2.45) is 0 Å². The molecule has 2 N–H and O–H groups in total. The minimum absolute atomic E-state index is 0.148. The lowest BCUT2D eigenvalue weighted by atomic mass is 9.96. The lowest BCUT2D eigenvalue weighted by Gasteiger charge is -2.33. The van der Waals surface area contributed by atoms with E-state index >= 15 is 0 Å². The van der Waals surface area contributed by atoms with Crippen LogP contribution in [0.15, 0.2) is 36.7 Å². The highest BCUT2D eigenvalue weighted by molar-refractivity contribution is 6.35. The fraction of sp³-hybridized carbons (Fsp3) is 0.379. The molecule has 5 heterocycles. The molecule has 0 atom stereocenters. The van der Waals surface area contributed by atoms with E-state index in [-0.39, 0.29) is 12.5 Å². The Morgan fingerprint density at radius 1 is 1.00 bits per heavy atom. The van der Waals surface area contributed by atoms with E-state index in [1.165, 1.54) is 0 Å². The first kappa shape index (κ1) is 24.8. The molecular formula is C29H32ClN7O. The average Bonchev–Trinajstić information content (AvgIpc) is 3.20. The summed E-state index contributed by atoms with van der Waals surface area (Å²) in [7, 11) is 0. The molecule has 1 saturated heterocycles. The Balaban J connectivity index is 1.26. The zero-order chi connectivity index (χ0) is 26.4. The molecule has 6 rings (SSSR count). The molecular weight excluding hydrogens is 498 g/mol. The van der Waals surface area contributed by atoms with E-state index in [0.29, 0.717) is 17.7 Å². The van der Waals surface area contributed by atoms with Crippen LogP contribution in [0.3, 0.4) is 0 Å². The Kier molecular flexibility index (Phi) is 6.53. The molecule has 3 aromatic heterocycles. The van der Waals surface area contributed by atoms with Gasteiger partial charge in [0.25, 0.3) is 0 Å². The lowest BCUT2D eigenvalue weighted by molar-refractivity contribution is -0.134. The second-order valence-corrected chi connectivity index (χ2v) is 10.8. The molecule has 196 valence electrons. The molecule has 0 bridgehead atoms. The summed E-state index contributed by atoms with van der Waals surface area (Å²) in [5.41, 5.74) is 6.16. The standard InChI is InChI=1S/C29H32ClN7O/c1-17-10-18(2)32-14-24(17)23-11-20-12-26(33-15-25(20)19(3)29(23)30)34-27-13-22-6-9-36(21-4-7-31-8-5-21)28(38)16-37(22)35-27/h10-15,21,31H,4-9,16H2,1-3H3,(H,33,34,35). The molecule has 0 unspecified atom stereocenters. The number of nitrogens with zero attached hydrogens (tertiary/aromatic N) is 5. The van der Waals surface area contributed by atoms with Crippen LogP contribution in [0.25, 0.3) is 21.9 Å². The van der Waals surface area contributed by atoms with Gasteiger partial charge in [0.1, 0.15) is 12.4 Å². The van der Waals surface area contributed by atoms with Crippen LogP contribution < -0.4 is 10.6 Å². The molecule has 0 spiro atoms. The van der Waals surface area contributed by atoms with Gasteiger partial charge in [-0.3, -0.25) is 14.5 Å². The minimum atomic E-state index is 0.148. The van der Waals surface area contributed by atoms with E-state index in [2.05, 4.69) is 44.6 Å². The van der Waals surface area contributed by atoms with Crippen LogP contribution in [0, 0.1) is 20.8 Å². The molecule has 1 amide bonds. The number of carbonyl (C=O) groups excluding carboxylic acids is 1. The van der Waals surface area contributed by atoms with Gasteiger partial charge in [-0.05, 0) is 81.4 Å². The zero-order valence-electron chi connectivity index (χ0n) is 22.0. The summed E-state index contributed by atoms with van der Waals surface area (Å²) in [5, 5.41) is 14.2. The van der Waals surface area contributed by atoms with E-state index in [0.717, 1.165) is 88.3 Å². The Hall–Kier alpha value is -3.49. The van der Waals surface area contributed by atoms with Crippen molar-refractivity contribution in [2.75, 3.05) is 25.0 Å². The number of pyridine rings is 2. The highest BCUT2D eigenvalue weighted by Gasteiger charge is 2.29. The second-order valence-electron chi connectivity index (χ2n) is 10.4. The van der Waals surface area contributed by atoms with Crippen LogP contribution in [0.2, 0.25) is 5.02 Å². The number of carbonyl (C=O) groups is 1. The maximum Gasteiger partial charge on any atom is 0.244 e. The van der Waals surface area contributed by atoms with Gasteiger partial charge in [0.2, 0.25) is 5.91 Å². The first-order chi connectivity index (χ1) is 18.4. The van der Waals surface area contributed by atoms with Crippen molar-refractivity contribution in [1.82, 2.24) is 30.0 Å². The SMILES string of the molecule is Cc1cc(C)c(-c2cc3cc(Nc4cc5n(n4)CC(=O)N(C4CCNCC4)CC5)ncc3c(C)c2Cl)cn1. The van der Waals surface area contributed by atoms with Crippen molar-refractivity contribution in [3.05, 3.63) is 64.2 Å². The van der Waals surface area contributed by atoms with Crippen LogP contribution in [-0.4, -0.2) is 56.2 Å². The maximum absolute atomic E-state index is 13.0. The number of benzene rings is 1. The molecule has 2 aliphatic heterocycles. The summed E-state index contributed by atoms with van der Waals surface area (Å²) < 4.78 is 1.84. The first-order valence-corrected chi connectivity index (χ1v) is 13.6. The molecule has 38 heavy (non-hydrogen) atoms. The molecule has 0 saturated carbocycles.